The van der Waals surface area contributed by atoms with E-state index in [1.54, 1.807) is 13.8 Å². The number of aromatic nitrogens is 2. The average molecular weight is 447 g/mol. The summed E-state index contributed by atoms with van der Waals surface area (Å²) in [6.45, 7) is 3.43. The lowest BCUT2D eigenvalue weighted by Crippen LogP contribution is -2.45. The standard InChI is InChI=1S/C9H11Br3N4O2/c1-9(2,5(15-18)8(17)13-3)16-7(12)4(10)6(11)14-16/h18H,1-3H3,(H,13,17)/b15-5-. The third-order valence-corrected chi connectivity index (χ3v) is 5.49. The van der Waals surface area contributed by atoms with Crippen molar-refractivity contribution < 1.29 is 10.0 Å². The van der Waals surface area contributed by atoms with Gasteiger partial charge < -0.3 is 10.5 Å². The monoisotopic (exact) mass is 444 g/mol. The Morgan fingerprint density at radius 2 is 2.00 bits per heavy atom. The van der Waals surface area contributed by atoms with Crippen molar-refractivity contribution in [1.82, 2.24) is 15.1 Å². The van der Waals surface area contributed by atoms with Crippen molar-refractivity contribution in [2.75, 3.05) is 7.05 Å². The van der Waals surface area contributed by atoms with Gasteiger partial charge in [-0.3, -0.25) is 4.79 Å². The summed E-state index contributed by atoms with van der Waals surface area (Å²) in [6, 6.07) is 0. The maximum Gasteiger partial charge on any atom is 0.271 e. The first-order chi connectivity index (χ1) is 8.27. The zero-order valence-electron chi connectivity index (χ0n) is 9.83. The summed E-state index contributed by atoms with van der Waals surface area (Å²) in [5.74, 6) is -0.475. The number of nitrogens with zero attached hydrogens (tertiary/aromatic N) is 3. The molecule has 0 aliphatic rings. The number of hydrogen-bond donors (Lipinski definition) is 2. The molecule has 0 radical (unpaired) electrons. The van der Waals surface area contributed by atoms with Gasteiger partial charge in [0, 0.05) is 7.05 Å². The summed E-state index contributed by atoms with van der Waals surface area (Å²) in [5, 5.41) is 18.8. The summed E-state index contributed by atoms with van der Waals surface area (Å²) in [7, 11) is 1.47. The summed E-state index contributed by atoms with van der Waals surface area (Å²) in [6.07, 6.45) is 0. The molecule has 1 rings (SSSR count). The molecule has 0 saturated heterocycles. The minimum absolute atomic E-state index is 0.0480. The van der Waals surface area contributed by atoms with E-state index in [-0.39, 0.29) is 5.71 Å². The number of carbonyl (C=O) groups is 1. The predicted molar refractivity (Wildman–Crippen MR) is 77.9 cm³/mol. The highest BCUT2D eigenvalue weighted by Crippen LogP contribution is 2.34. The Morgan fingerprint density at radius 1 is 1.44 bits per heavy atom. The van der Waals surface area contributed by atoms with Crippen molar-refractivity contribution in [1.29, 1.82) is 0 Å². The molecular weight excluding hydrogens is 436 g/mol. The van der Waals surface area contributed by atoms with Crippen molar-refractivity contribution in [2.24, 2.45) is 5.16 Å². The minimum atomic E-state index is -0.928. The first kappa shape index (κ1) is 15.6. The van der Waals surface area contributed by atoms with E-state index in [0.29, 0.717) is 13.7 Å². The summed E-state index contributed by atoms with van der Waals surface area (Å²) < 4.78 is 3.46. The van der Waals surface area contributed by atoms with Crippen LogP contribution in [-0.2, 0) is 10.3 Å². The molecule has 18 heavy (non-hydrogen) atoms. The SMILES string of the molecule is CNC(=O)/C(=N/O)C(C)(C)n1nc(Br)c(Br)c1Br. The molecule has 1 aromatic heterocycles. The van der Waals surface area contributed by atoms with E-state index in [2.05, 4.69) is 63.4 Å². The van der Waals surface area contributed by atoms with Crippen molar-refractivity contribution in [3.05, 3.63) is 13.7 Å². The largest absolute Gasteiger partial charge is 0.410 e. The van der Waals surface area contributed by atoms with Crippen LogP contribution < -0.4 is 5.32 Å². The maximum atomic E-state index is 11.7. The third kappa shape index (κ3) is 2.62. The minimum Gasteiger partial charge on any atom is -0.410 e. The molecule has 0 atom stereocenters. The van der Waals surface area contributed by atoms with Gasteiger partial charge in [-0.15, -0.1) is 0 Å². The van der Waals surface area contributed by atoms with Gasteiger partial charge in [0.2, 0.25) is 0 Å². The van der Waals surface area contributed by atoms with E-state index in [1.165, 1.54) is 11.7 Å². The van der Waals surface area contributed by atoms with Gasteiger partial charge in [0.15, 0.2) is 5.71 Å². The molecule has 0 unspecified atom stereocenters. The molecule has 0 aliphatic heterocycles. The number of hydrogen-bond acceptors (Lipinski definition) is 4. The Morgan fingerprint density at radius 3 is 2.33 bits per heavy atom. The Labute approximate surface area is 129 Å². The molecular formula is C9H11Br3N4O2. The van der Waals surface area contributed by atoms with E-state index >= 15 is 0 Å². The van der Waals surface area contributed by atoms with Gasteiger partial charge in [-0.25, -0.2) is 4.68 Å². The number of rotatable bonds is 3. The van der Waals surface area contributed by atoms with Crippen molar-refractivity contribution in [3.8, 4) is 0 Å². The van der Waals surface area contributed by atoms with E-state index in [1.807, 2.05) is 0 Å². The number of carbonyl (C=O) groups excluding carboxylic acids is 1. The Hall–Kier alpha value is -0.410. The van der Waals surface area contributed by atoms with Crippen molar-refractivity contribution in [3.63, 3.8) is 0 Å². The average Bonchev–Trinajstić information content (AvgIpc) is 2.57. The molecule has 6 nitrogen and oxygen atoms in total. The van der Waals surface area contributed by atoms with Gasteiger partial charge >= 0.3 is 0 Å². The lowest BCUT2D eigenvalue weighted by atomic mass is 9.98. The lowest BCUT2D eigenvalue weighted by Gasteiger charge is -2.26. The fraction of sp³-hybridized carbons (Fsp3) is 0.444. The van der Waals surface area contributed by atoms with E-state index in [4.69, 9.17) is 5.21 Å². The number of oxime groups is 1. The molecule has 0 fully saturated rings. The van der Waals surface area contributed by atoms with Crippen LogP contribution in [0.2, 0.25) is 0 Å². The smallest absolute Gasteiger partial charge is 0.271 e. The second-order valence-electron chi connectivity index (χ2n) is 3.89. The first-order valence-corrected chi connectivity index (χ1v) is 7.19. The first-order valence-electron chi connectivity index (χ1n) is 4.82. The van der Waals surface area contributed by atoms with Crippen LogP contribution in [0.25, 0.3) is 0 Å². The highest BCUT2D eigenvalue weighted by atomic mass is 79.9. The van der Waals surface area contributed by atoms with Crippen LogP contribution in [0.15, 0.2) is 18.8 Å². The van der Waals surface area contributed by atoms with Crippen LogP contribution in [0.3, 0.4) is 0 Å². The highest BCUT2D eigenvalue weighted by molar-refractivity contribution is 9.14. The van der Waals surface area contributed by atoms with Crippen LogP contribution in [0.4, 0.5) is 0 Å². The van der Waals surface area contributed by atoms with Gasteiger partial charge in [-0.2, -0.15) is 5.10 Å². The number of nitrogens with one attached hydrogen (secondary N) is 1. The topological polar surface area (TPSA) is 79.5 Å². The van der Waals surface area contributed by atoms with E-state index in [9.17, 15) is 4.79 Å². The van der Waals surface area contributed by atoms with Gasteiger partial charge in [0.1, 0.15) is 14.7 Å². The quantitative estimate of drug-likeness (QED) is 0.425. The molecule has 0 aliphatic carbocycles. The number of halogens is 3. The van der Waals surface area contributed by atoms with Crippen molar-refractivity contribution in [2.45, 2.75) is 19.4 Å². The Kier molecular flexibility index (Phi) is 4.96. The van der Waals surface area contributed by atoms with Gasteiger partial charge in [0.05, 0.1) is 4.47 Å². The summed E-state index contributed by atoms with van der Waals surface area (Å²) >= 11 is 9.97. The molecule has 0 spiro atoms. The molecule has 0 bridgehead atoms. The zero-order valence-corrected chi connectivity index (χ0v) is 14.6. The van der Waals surface area contributed by atoms with E-state index < -0.39 is 11.4 Å². The molecule has 1 aromatic rings. The van der Waals surface area contributed by atoms with Gasteiger partial charge in [-0.05, 0) is 61.6 Å². The van der Waals surface area contributed by atoms with Crippen molar-refractivity contribution >= 4 is 59.4 Å². The van der Waals surface area contributed by atoms with Crippen LogP contribution in [0, 0.1) is 0 Å². The summed E-state index contributed by atoms with van der Waals surface area (Å²) in [5.41, 5.74) is -0.976. The third-order valence-electron chi connectivity index (χ3n) is 2.39. The maximum absolute atomic E-state index is 11.7. The molecule has 0 saturated carbocycles. The molecule has 1 amide bonds. The molecule has 2 N–H and O–H groups in total. The second kappa shape index (κ2) is 5.70. The fourth-order valence-corrected chi connectivity index (χ4v) is 2.96. The Bertz CT molecular complexity index is 510. The van der Waals surface area contributed by atoms with Crippen LogP contribution >= 0.6 is 47.8 Å². The molecule has 0 aromatic carbocycles. The normalized spacial score (nSPS) is 12.7. The molecule has 1 heterocycles. The van der Waals surface area contributed by atoms with Crippen LogP contribution in [0.5, 0.6) is 0 Å². The fourth-order valence-electron chi connectivity index (χ4n) is 1.39. The van der Waals surface area contributed by atoms with Crippen LogP contribution in [0.1, 0.15) is 13.8 Å². The van der Waals surface area contributed by atoms with Gasteiger partial charge in [-0.1, -0.05) is 5.16 Å². The molecule has 100 valence electrons. The highest BCUT2D eigenvalue weighted by Gasteiger charge is 2.36. The number of amides is 1. The molecule has 9 heteroatoms. The van der Waals surface area contributed by atoms with E-state index in [0.717, 1.165) is 0 Å². The van der Waals surface area contributed by atoms with Crippen LogP contribution in [-0.4, -0.2) is 33.7 Å². The second-order valence-corrected chi connectivity index (χ2v) is 6.19. The predicted octanol–water partition coefficient (Wildman–Crippen LogP) is 2.48. The zero-order chi connectivity index (χ0) is 14.1. The lowest BCUT2D eigenvalue weighted by molar-refractivity contribution is -0.115. The Balaban J connectivity index is 3.36. The summed E-state index contributed by atoms with van der Waals surface area (Å²) in [4.78, 5) is 11.7. The van der Waals surface area contributed by atoms with Gasteiger partial charge in [0.25, 0.3) is 5.91 Å².